The summed E-state index contributed by atoms with van der Waals surface area (Å²) in [7, 11) is 0. The topological polar surface area (TPSA) is 136 Å². The number of halogens is 4. The number of nitro benzene ring substituents is 1. The molecule has 166 valence electrons. The first-order valence-corrected chi connectivity index (χ1v) is 10.1. The summed E-state index contributed by atoms with van der Waals surface area (Å²) in [5.74, 6) is -0.203. The molecule has 0 saturated carbocycles. The average Bonchev–Trinajstić information content (AvgIpc) is 2.74. The first kappa shape index (κ1) is 27.1. The highest BCUT2D eigenvalue weighted by Gasteiger charge is 2.12. The number of nitrogens with zero attached hydrogens (tertiary/aromatic N) is 4. The predicted octanol–water partition coefficient (Wildman–Crippen LogP) is 6.22. The van der Waals surface area contributed by atoms with Crippen LogP contribution < -0.4 is 5.73 Å². The summed E-state index contributed by atoms with van der Waals surface area (Å²) in [5.41, 5.74) is 6.65. The SMILES string of the molecule is CC#N.Nc1ccc(Cl)nc1Cl.O=C(Cc1ccc(Cl)nc1Cl)c1ccc([N+](=O)[O-])cc1. The summed E-state index contributed by atoms with van der Waals surface area (Å²) in [6.07, 6.45) is 0.0564. The van der Waals surface area contributed by atoms with Crippen molar-refractivity contribution < 1.29 is 9.72 Å². The molecule has 1 aromatic carbocycles. The molecule has 0 saturated heterocycles. The Morgan fingerprint density at radius 2 is 1.50 bits per heavy atom. The number of pyridine rings is 2. The van der Waals surface area contributed by atoms with E-state index in [2.05, 4.69) is 9.97 Å². The number of Topliss-reactive ketones (excluding diaryl/α,β-unsaturated/α-hetero) is 1. The van der Waals surface area contributed by atoms with Crippen LogP contribution in [0.4, 0.5) is 11.4 Å². The number of carbonyl (C=O) groups is 1. The molecule has 2 N–H and O–H groups in total. The zero-order chi connectivity index (χ0) is 24.3. The number of benzene rings is 1. The predicted molar refractivity (Wildman–Crippen MR) is 125 cm³/mol. The van der Waals surface area contributed by atoms with Gasteiger partial charge >= 0.3 is 0 Å². The molecule has 3 rings (SSSR count). The summed E-state index contributed by atoms with van der Waals surface area (Å²) in [5, 5.41) is 18.9. The molecule has 0 aliphatic heterocycles. The van der Waals surface area contributed by atoms with E-state index in [4.69, 9.17) is 57.4 Å². The number of anilines is 1. The molecule has 0 atom stereocenters. The molecule has 0 aliphatic carbocycles. The van der Waals surface area contributed by atoms with Gasteiger partial charge in [-0.1, -0.05) is 52.5 Å². The van der Waals surface area contributed by atoms with Gasteiger partial charge in [0.05, 0.1) is 16.7 Å². The number of nitrogens with two attached hydrogens (primary N) is 1. The Balaban J connectivity index is 0.000000354. The number of nitrogen functional groups attached to an aromatic ring is 1. The third kappa shape index (κ3) is 9.04. The lowest BCUT2D eigenvalue weighted by atomic mass is 10.0. The largest absolute Gasteiger partial charge is 0.396 e. The maximum Gasteiger partial charge on any atom is 0.269 e. The van der Waals surface area contributed by atoms with E-state index in [0.29, 0.717) is 22.0 Å². The van der Waals surface area contributed by atoms with Gasteiger partial charge in [-0.3, -0.25) is 14.9 Å². The summed E-state index contributed by atoms with van der Waals surface area (Å²) >= 11 is 22.5. The van der Waals surface area contributed by atoms with Crippen molar-refractivity contribution >= 4 is 63.6 Å². The van der Waals surface area contributed by atoms with Crippen LogP contribution in [0.25, 0.3) is 0 Å². The van der Waals surface area contributed by atoms with Gasteiger partial charge in [0.25, 0.3) is 5.69 Å². The van der Waals surface area contributed by atoms with Crippen molar-refractivity contribution in [3.63, 3.8) is 0 Å². The standard InChI is InChI=1S/C13H8Cl2N2O3.C5H4Cl2N2.C2H3N/c14-12-6-3-9(13(15)16-12)7-11(18)8-1-4-10(5-2-8)17(19)20;6-4-2-1-3(8)5(7)9-4;1-2-3/h1-6H,7H2;1-2H,8H2;1H3. The Morgan fingerprint density at radius 1 is 1.00 bits per heavy atom. The molecule has 8 nitrogen and oxygen atoms in total. The molecular formula is C20H15Cl4N5O3. The highest BCUT2D eigenvalue weighted by molar-refractivity contribution is 6.34. The Hall–Kier alpha value is -2.96. The fraction of sp³-hybridized carbons (Fsp3) is 0.100. The van der Waals surface area contributed by atoms with E-state index in [1.54, 1.807) is 30.3 Å². The third-order valence-corrected chi connectivity index (χ3v) is 4.54. The van der Waals surface area contributed by atoms with Crippen molar-refractivity contribution in [1.82, 2.24) is 9.97 Å². The van der Waals surface area contributed by atoms with E-state index < -0.39 is 4.92 Å². The van der Waals surface area contributed by atoms with Crippen LogP contribution in [0.1, 0.15) is 22.8 Å². The van der Waals surface area contributed by atoms with Crippen molar-refractivity contribution in [3.05, 3.63) is 90.4 Å². The van der Waals surface area contributed by atoms with Crippen molar-refractivity contribution in [1.29, 1.82) is 5.26 Å². The molecule has 0 radical (unpaired) electrons. The molecule has 2 aromatic heterocycles. The van der Waals surface area contributed by atoms with Gasteiger partial charge in [-0.2, -0.15) is 5.26 Å². The van der Waals surface area contributed by atoms with Crippen LogP contribution in [-0.2, 0) is 6.42 Å². The number of nitriles is 1. The highest BCUT2D eigenvalue weighted by Crippen LogP contribution is 2.20. The molecule has 0 unspecified atom stereocenters. The van der Waals surface area contributed by atoms with Crippen molar-refractivity contribution in [2.45, 2.75) is 13.3 Å². The van der Waals surface area contributed by atoms with Crippen LogP contribution in [0, 0.1) is 21.4 Å². The number of ketones is 1. The van der Waals surface area contributed by atoms with Gasteiger partial charge in [0, 0.05) is 31.0 Å². The monoisotopic (exact) mass is 513 g/mol. The van der Waals surface area contributed by atoms with Crippen LogP contribution in [0.15, 0.2) is 48.5 Å². The van der Waals surface area contributed by atoms with Gasteiger partial charge in [0.1, 0.15) is 15.5 Å². The van der Waals surface area contributed by atoms with Gasteiger partial charge in [0.15, 0.2) is 10.9 Å². The second-order valence-corrected chi connectivity index (χ2v) is 7.22. The quantitative estimate of drug-likeness (QED) is 0.189. The first-order chi connectivity index (χ1) is 15.1. The summed E-state index contributed by atoms with van der Waals surface area (Å²) < 4.78 is 0. The molecule has 0 bridgehead atoms. The second-order valence-electron chi connectivity index (χ2n) is 5.73. The average molecular weight is 515 g/mol. The van der Waals surface area contributed by atoms with E-state index >= 15 is 0 Å². The summed E-state index contributed by atoms with van der Waals surface area (Å²) in [6, 6.07) is 13.5. The van der Waals surface area contributed by atoms with Gasteiger partial charge in [-0.05, 0) is 35.9 Å². The minimum atomic E-state index is -0.520. The second kappa shape index (κ2) is 13.5. The molecule has 0 spiro atoms. The number of hydrogen-bond donors (Lipinski definition) is 1. The van der Waals surface area contributed by atoms with E-state index in [1.807, 2.05) is 0 Å². The van der Waals surface area contributed by atoms with Crippen molar-refractivity contribution in [2.75, 3.05) is 5.73 Å². The van der Waals surface area contributed by atoms with Crippen LogP contribution in [-0.4, -0.2) is 20.7 Å². The smallest absolute Gasteiger partial charge is 0.269 e. The van der Waals surface area contributed by atoms with E-state index in [1.165, 1.54) is 31.2 Å². The number of nitro groups is 1. The Morgan fingerprint density at radius 3 is 1.94 bits per heavy atom. The number of hydrogen-bond acceptors (Lipinski definition) is 7. The minimum absolute atomic E-state index is 0.0564. The molecule has 0 amide bonds. The van der Waals surface area contributed by atoms with Crippen LogP contribution >= 0.6 is 46.4 Å². The maximum absolute atomic E-state index is 12.0. The fourth-order valence-corrected chi connectivity index (χ4v) is 2.80. The van der Waals surface area contributed by atoms with Gasteiger partial charge in [-0.15, -0.1) is 0 Å². The third-order valence-electron chi connectivity index (χ3n) is 3.49. The van der Waals surface area contributed by atoms with E-state index in [9.17, 15) is 14.9 Å². The minimum Gasteiger partial charge on any atom is -0.396 e. The molecule has 32 heavy (non-hydrogen) atoms. The number of carbonyl (C=O) groups excluding carboxylic acids is 1. The van der Waals surface area contributed by atoms with Gasteiger partial charge < -0.3 is 5.73 Å². The summed E-state index contributed by atoms with van der Waals surface area (Å²) in [6.45, 7) is 1.43. The van der Waals surface area contributed by atoms with Crippen LogP contribution in [0.3, 0.4) is 0 Å². The molecule has 0 aliphatic rings. The summed E-state index contributed by atoms with van der Waals surface area (Å²) in [4.78, 5) is 29.6. The molecule has 0 fully saturated rings. The molecule has 2 heterocycles. The highest BCUT2D eigenvalue weighted by atomic mass is 35.5. The lowest BCUT2D eigenvalue weighted by Crippen LogP contribution is -2.04. The van der Waals surface area contributed by atoms with E-state index in [-0.39, 0.29) is 33.4 Å². The van der Waals surface area contributed by atoms with Crippen LogP contribution in [0.2, 0.25) is 20.6 Å². The zero-order valence-corrected chi connectivity index (χ0v) is 19.5. The number of aromatic nitrogens is 2. The Kier molecular flexibility index (Phi) is 11.4. The number of non-ortho nitro benzene ring substituents is 1. The van der Waals surface area contributed by atoms with Crippen molar-refractivity contribution in [2.24, 2.45) is 0 Å². The van der Waals surface area contributed by atoms with Crippen molar-refractivity contribution in [3.8, 4) is 6.07 Å². The zero-order valence-electron chi connectivity index (χ0n) is 16.4. The lowest BCUT2D eigenvalue weighted by Gasteiger charge is -2.03. The Bertz CT molecular complexity index is 1140. The molecule has 12 heteroatoms. The first-order valence-electron chi connectivity index (χ1n) is 8.56. The molecular weight excluding hydrogens is 500 g/mol. The van der Waals surface area contributed by atoms with Gasteiger partial charge in [0.2, 0.25) is 0 Å². The van der Waals surface area contributed by atoms with E-state index in [0.717, 1.165) is 0 Å². The number of rotatable bonds is 4. The fourth-order valence-electron chi connectivity index (χ4n) is 2.04. The normalized spacial score (nSPS) is 9.38. The lowest BCUT2D eigenvalue weighted by molar-refractivity contribution is -0.384. The van der Waals surface area contributed by atoms with Gasteiger partial charge in [-0.25, -0.2) is 9.97 Å². The molecule has 3 aromatic rings. The maximum atomic E-state index is 12.0. The van der Waals surface area contributed by atoms with Crippen LogP contribution in [0.5, 0.6) is 0 Å². The Labute approximate surface area is 203 Å².